The molecule has 0 amide bonds. The Morgan fingerprint density at radius 2 is 1.89 bits per heavy atom. The first kappa shape index (κ1) is 18.1. The molecule has 2 aliphatic rings. The maximum atomic E-state index is 12.1. The van der Waals surface area contributed by atoms with E-state index in [0.717, 1.165) is 30.6 Å². The van der Waals surface area contributed by atoms with Crippen LogP contribution < -0.4 is 4.74 Å². The van der Waals surface area contributed by atoms with Crippen molar-refractivity contribution in [3.05, 3.63) is 53.6 Å². The lowest BCUT2D eigenvalue weighted by atomic mass is 9.75. The molecule has 0 spiro atoms. The highest BCUT2D eigenvalue weighted by Gasteiger charge is 2.37. The molecule has 3 nitrogen and oxygen atoms in total. The number of methoxy groups -OCH3 is 1. The first-order chi connectivity index (χ1) is 13.0. The van der Waals surface area contributed by atoms with E-state index in [9.17, 15) is 4.79 Å². The number of benzene rings is 2. The summed E-state index contributed by atoms with van der Waals surface area (Å²) >= 11 is 0. The lowest BCUT2D eigenvalue weighted by Crippen LogP contribution is -2.17. The topological polar surface area (TPSA) is 35.5 Å². The Morgan fingerprint density at radius 1 is 1.07 bits per heavy atom. The fourth-order valence-corrected chi connectivity index (χ4v) is 4.38. The molecule has 0 radical (unpaired) electrons. The number of carbonyl (C=O) groups is 1. The largest absolute Gasteiger partial charge is 0.490 e. The molecular weight excluding hydrogens is 336 g/mol. The average Bonchev–Trinajstić information content (AvgIpc) is 3.41. The lowest BCUT2D eigenvalue weighted by molar-refractivity contribution is 0.0600. The molecule has 0 bridgehead atoms. The Balaban J connectivity index is 1.78. The summed E-state index contributed by atoms with van der Waals surface area (Å²) in [6, 6.07) is 14.4. The first-order valence-corrected chi connectivity index (χ1v) is 9.97. The predicted molar refractivity (Wildman–Crippen MR) is 107 cm³/mol. The van der Waals surface area contributed by atoms with Crippen molar-refractivity contribution in [3.8, 4) is 16.9 Å². The minimum absolute atomic E-state index is 0.228. The average molecular weight is 364 g/mol. The molecule has 0 aliphatic heterocycles. The van der Waals surface area contributed by atoms with Gasteiger partial charge in [0.1, 0.15) is 5.75 Å². The maximum absolute atomic E-state index is 12.1. The van der Waals surface area contributed by atoms with Crippen LogP contribution in [0, 0.1) is 5.41 Å². The summed E-state index contributed by atoms with van der Waals surface area (Å²) in [5.41, 5.74) is 4.46. The SMILES string of the molecule is COC(=O)c1ccc(-c2cccc(OC3CC3)c2)c([C@@H]2CCCC2(C)C)c1. The van der Waals surface area contributed by atoms with E-state index < -0.39 is 0 Å². The van der Waals surface area contributed by atoms with Crippen LogP contribution in [0.2, 0.25) is 0 Å². The quantitative estimate of drug-likeness (QED) is 0.613. The Hall–Kier alpha value is -2.29. The van der Waals surface area contributed by atoms with Crippen LogP contribution in [0.5, 0.6) is 5.75 Å². The highest BCUT2D eigenvalue weighted by molar-refractivity contribution is 5.90. The van der Waals surface area contributed by atoms with E-state index in [2.05, 4.69) is 38.1 Å². The van der Waals surface area contributed by atoms with Crippen LogP contribution in [-0.4, -0.2) is 19.2 Å². The number of esters is 1. The Kier molecular flexibility index (Phi) is 4.71. The monoisotopic (exact) mass is 364 g/mol. The molecule has 0 saturated heterocycles. The Labute approximate surface area is 161 Å². The van der Waals surface area contributed by atoms with Crippen LogP contribution in [-0.2, 0) is 4.74 Å². The molecule has 4 rings (SSSR count). The molecule has 1 atom stereocenters. The van der Waals surface area contributed by atoms with Crippen LogP contribution >= 0.6 is 0 Å². The molecule has 2 saturated carbocycles. The second kappa shape index (κ2) is 7.03. The van der Waals surface area contributed by atoms with Crippen molar-refractivity contribution in [1.29, 1.82) is 0 Å². The van der Waals surface area contributed by atoms with Crippen LogP contribution in [0.4, 0.5) is 0 Å². The standard InChI is InChI=1S/C24H28O3/c1-24(2)13-5-8-22(24)21-15-17(23(25)26-3)9-12-20(21)16-6-4-7-19(14-16)27-18-10-11-18/h4,6-7,9,12,14-15,18,22H,5,8,10-11,13H2,1-3H3/t22-/m0/s1. The predicted octanol–water partition coefficient (Wildman–Crippen LogP) is 5.98. The van der Waals surface area contributed by atoms with Gasteiger partial charge < -0.3 is 9.47 Å². The molecule has 2 fully saturated rings. The summed E-state index contributed by atoms with van der Waals surface area (Å²) in [7, 11) is 1.44. The van der Waals surface area contributed by atoms with Gasteiger partial charge in [0.2, 0.25) is 0 Å². The second-order valence-electron chi connectivity index (χ2n) is 8.57. The summed E-state index contributed by atoms with van der Waals surface area (Å²) < 4.78 is 11.0. The summed E-state index contributed by atoms with van der Waals surface area (Å²) in [6.07, 6.45) is 6.28. The van der Waals surface area contributed by atoms with Gasteiger partial charge in [-0.25, -0.2) is 4.79 Å². The van der Waals surface area contributed by atoms with Crippen LogP contribution in [0.25, 0.3) is 11.1 Å². The number of rotatable bonds is 5. The van der Waals surface area contributed by atoms with Gasteiger partial charge in [0, 0.05) is 0 Å². The number of carbonyl (C=O) groups excluding carboxylic acids is 1. The third-order valence-electron chi connectivity index (χ3n) is 6.08. The van der Waals surface area contributed by atoms with Gasteiger partial charge in [0.15, 0.2) is 0 Å². The van der Waals surface area contributed by atoms with E-state index in [1.165, 1.54) is 31.1 Å². The summed E-state index contributed by atoms with van der Waals surface area (Å²) in [6.45, 7) is 4.68. The van der Waals surface area contributed by atoms with E-state index in [1.54, 1.807) is 0 Å². The molecule has 27 heavy (non-hydrogen) atoms. The van der Waals surface area contributed by atoms with Crippen LogP contribution in [0.15, 0.2) is 42.5 Å². The van der Waals surface area contributed by atoms with Gasteiger partial charge in [-0.1, -0.05) is 38.5 Å². The molecule has 0 aromatic heterocycles. The highest BCUT2D eigenvalue weighted by Crippen LogP contribution is 2.51. The summed E-state index contributed by atoms with van der Waals surface area (Å²) in [5, 5.41) is 0. The zero-order valence-corrected chi connectivity index (χ0v) is 16.5. The molecular formula is C24H28O3. The zero-order chi connectivity index (χ0) is 19.0. The Morgan fingerprint density at radius 3 is 2.56 bits per heavy atom. The van der Waals surface area contributed by atoms with Crippen molar-refractivity contribution in [2.45, 2.75) is 58.0 Å². The molecule has 2 aromatic rings. The van der Waals surface area contributed by atoms with Crippen molar-refractivity contribution in [3.63, 3.8) is 0 Å². The van der Waals surface area contributed by atoms with Gasteiger partial charge in [-0.05, 0) is 78.0 Å². The molecule has 142 valence electrons. The fourth-order valence-electron chi connectivity index (χ4n) is 4.38. The van der Waals surface area contributed by atoms with Gasteiger partial charge in [-0.2, -0.15) is 0 Å². The second-order valence-corrected chi connectivity index (χ2v) is 8.57. The van der Waals surface area contributed by atoms with Gasteiger partial charge in [0.05, 0.1) is 18.8 Å². The molecule has 0 N–H and O–H groups in total. The van der Waals surface area contributed by atoms with E-state index in [0.29, 0.717) is 17.6 Å². The smallest absolute Gasteiger partial charge is 0.337 e. The van der Waals surface area contributed by atoms with Crippen LogP contribution in [0.1, 0.15) is 67.8 Å². The maximum Gasteiger partial charge on any atom is 0.337 e. The minimum Gasteiger partial charge on any atom is -0.490 e. The zero-order valence-electron chi connectivity index (χ0n) is 16.5. The van der Waals surface area contributed by atoms with Gasteiger partial charge in [-0.15, -0.1) is 0 Å². The summed E-state index contributed by atoms with van der Waals surface area (Å²) in [4.78, 5) is 12.1. The van der Waals surface area contributed by atoms with Crippen molar-refractivity contribution < 1.29 is 14.3 Å². The lowest BCUT2D eigenvalue weighted by Gasteiger charge is -2.29. The van der Waals surface area contributed by atoms with E-state index in [1.807, 2.05) is 18.2 Å². The fraction of sp³-hybridized carbons (Fsp3) is 0.458. The normalized spacial score (nSPS) is 21.1. The molecule has 0 unspecified atom stereocenters. The van der Waals surface area contributed by atoms with Gasteiger partial charge in [0.25, 0.3) is 0 Å². The molecule has 0 heterocycles. The first-order valence-electron chi connectivity index (χ1n) is 9.97. The Bertz CT molecular complexity index is 848. The number of ether oxygens (including phenoxy) is 2. The molecule has 3 heteroatoms. The third-order valence-corrected chi connectivity index (χ3v) is 6.08. The van der Waals surface area contributed by atoms with E-state index >= 15 is 0 Å². The minimum atomic E-state index is -0.274. The highest BCUT2D eigenvalue weighted by atomic mass is 16.5. The van der Waals surface area contributed by atoms with E-state index in [4.69, 9.17) is 9.47 Å². The number of hydrogen-bond acceptors (Lipinski definition) is 3. The molecule has 2 aromatic carbocycles. The summed E-state index contributed by atoms with van der Waals surface area (Å²) in [5.74, 6) is 1.10. The third kappa shape index (κ3) is 3.73. The van der Waals surface area contributed by atoms with Crippen molar-refractivity contribution in [2.24, 2.45) is 5.41 Å². The van der Waals surface area contributed by atoms with Gasteiger partial charge in [-0.3, -0.25) is 0 Å². The van der Waals surface area contributed by atoms with Crippen molar-refractivity contribution in [1.82, 2.24) is 0 Å². The van der Waals surface area contributed by atoms with Crippen molar-refractivity contribution in [2.75, 3.05) is 7.11 Å². The van der Waals surface area contributed by atoms with Gasteiger partial charge >= 0.3 is 5.97 Å². The van der Waals surface area contributed by atoms with Crippen LogP contribution in [0.3, 0.4) is 0 Å². The molecule has 2 aliphatic carbocycles. The number of hydrogen-bond donors (Lipinski definition) is 0. The van der Waals surface area contributed by atoms with Crippen molar-refractivity contribution >= 4 is 5.97 Å². The van der Waals surface area contributed by atoms with E-state index in [-0.39, 0.29) is 11.4 Å².